The highest BCUT2D eigenvalue weighted by atomic mass is 32.2. The highest BCUT2D eigenvalue weighted by molar-refractivity contribution is 7.90. The summed E-state index contributed by atoms with van der Waals surface area (Å²) in [6.07, 6.45) is 4.35. The smallest absolute Gasteiger partial charge is 0.285 e. The van der Waals surface area contributed by atoms with Gasteiger partial charge in [-0.2, -0.15) is 8.42 Å². The molecule has 1 N–H and O–H groups in total. The van der Waals surface area contributed by atoms with Crippen molar-refractivity contribution in [3.05, 3.63) is 29.8 Å². The van der Waals surface area contributed by atoms with Gasteiger partial charge in [-0.05, 0) is 25.0 Å². The zero-order valence-electron chi connectivity index (χ0n) is 12.4. The molecule has 118 valence electrons. The van der Waals surface area contributed by atoms with Crippen molar-refractivity contribution in [2.24, 2.45) is 4.40 Å². The number of amides is 1. The van der Waals surface area contributed by atoms with Gasteiger partial charge in [0, 0.05) is 18.7 Å². The van der Waals surface area contributed by atoms with Crippen molar-refractivity contribution < 1.29 is 13.2 Å². The number of sulfonamides is 1. The first-order chi connectivity index (χ1) is 10.5. The van der Waals surface area contributed by atoms with Crippen molar-refractivity contribution in [3.8, 4) is 0 Å². The number of hydrogen-bond acceptors (Lipinski definition) is 4. The summed E-state index contributed by atoms with van der Waals surface area (Å²) in [6.45, 7) is 0.0964. The van der Waals surface area contributed by atoms with E-state index in [9.17, 15) is 13.2 Å². The zero-order chi connectivity index (χ0) is 15.7. The summed E-state index contributed by atoms with van der Waals surface area (Å²) in [4.78, 5) is 13.9. The van der Waals surface area contributed by atoms with Gasteiger partial charge in [0.15, 0.2) is 5.84 Å². The van der Waals surface area contributed by atoms with Crippen molar-refractivity contribution >= 4 is 21.8 Å². The Hall–Kier alpha value is -1.89. The number of carbonyl (C=O) groups is 1. The fourth-order valence-corrected chi connectivity index (χ4v) is 4.25. The van der Waals surface area contributed by atoms with E-state index in [2.05, 4.69) is 9.71 Å². The predicted octanol–water partition coefficient (Wildman–Crippen LogP) is 1.13. The molecule has 1 heterocycles. The lowest BCUT2D eigenvalue weighted by Crippen LogP contribution is -2.41. The lowest BCUT2D eigenvalue weighted by Gasteiger charge is -2.20. The van der Waals surface area contributed by atoms with E-state index in [4.69, 9.17) is 0 Å². The summed E-state index contributed by atoms with van der Waals surface area (Å²) in [7, 11) is -1.96. The van der Waals surface area contributed by atoms with Crippen LogP contribution in [-0.2, 0) is 14.8 Å². The molecular formula is C15H19N3O3S. The van der Waals surface area contributed by atoms with Gasteiger partial charge in [0.1, 0.15) is 4.90 Å². The van der Waals surface area contributed by atoms with Crippen LogP contribution in [0.3, 0.4) is 0 Å². The molecule has 1 saturated carbocycles. The molecule has 7 heteroatoms. The van der Waals surface area contributed by atoms with Gasteiger partial charge in [-0.15, -0.1) is 4.40 Å². The van der Waals surface area contributed by atoms with E-state index in [-0.39, 0.29) is 23.4 Å². The molecule has 2 aliphatic rings. The minimum atomic E-state index is -3.64. The van der Waals surface area contributed by atoms with Gasteiger partial charge in [0.05, 0.1) is 6.54 Å². The van der Waals surface area contributed by atoms with Crippen molar-refractivity contribution in [2.45, 2.75) is 36.6 Å². The number of carbonyl (C=O) groups excluding carboxylic acids is 1. The first-order valence-electron chi connectivity index (χ1n) is 7.42. The van der Waals surface area contributed by atoms with Crippen LogP contribution in [0.2, 0.25) is 0 Å². The third kappa shape index (κ3) is 2.85. The van der Waals surface area contributed by atoms with Crippen LogP contribution < -0.4 is 5.32 Å². The Morgan fingerprint density at radius 2 is 2.00 bits per heavy atom. The van der Waals surface area contributed by atoms with Gasteiger partial charge < -0.3 is 10.2 Å². The lowest BCUT2D eigenvalue weighted by molar-refractivity contribution is -0.121. The predicted molar refractivity (Wildman–Crippen MR) is 83.2 cm³/mol. The summed E-state index contributed by atoms with van der Waals surface area (Å²) in [5, 5.41) is 2.99. The summed E-state index contributed by atoms with van der Waals surface area (Å²) < 4.78 is 27.8. The topological polar surface area (TPSA) is 78.8 Å². The summed E-state index contributed by atoms with van der Waals surface area (Å²) in [5.41, 5.74) is 0.554. The number of rotatable bonds is 3. The highest BCUT2D eigenvalue weighted by Crippen LogP contribution is 2.26. The molecule has 0 spiro atoms. The second-order valence-corrected chi connectivity index (χ2v) is 7.36. The Labute approximate surface area is 130 Å². The van der Waals surface area contributed by atoms with Crippen LogP contribution >= 0.6 is 0 Å². The second kappa shape index (κ2) is 5.72. The summed E-state index contributed by atoms with van der Waals surface area (Å²) in [5.74, 6) is 0.232. The zero-order valence-corrected chi connectivity index (χ0v) is 13.3. The highest BCUT2D eigenvalue weighted by Gasteiger charge is 2.31. The molecule has 0 radical (unpaired) electrons. The van der Waals surface area contributed by atoms with Crippen LogP contribution in [0.25, 0.3) is 0 Å². The maximum absolute atomic E-state index is 12.1. The molecule has 0 unspecified atom stereocenters. The maximum atomic E-state index is 12.1. The quantitative estimate of drug-likeness (QED) is 0.905. The van der Waals surface area contributed by atoms with Crippen molar-refractivity contribution in [1.82, 2.24) is 10.2 Å². The molecule has 1 amide bonds. The van der Waals surface area contributed by atoms with Crippen molar-refractivity contribution in [3.63, 3.8) is 0 Å². The molecule has 3 rings (SSSR count). The van der Waals surface area contributed by atoms with E-state index in [1.54, 1.807) is 30.1 Å². The number of amidine groups is 1. The van der Waals surface area contributed by atoms with Crippen LogP contribution in [0.1, 0.15) is 31.2 Å². The number of nitrogens with one attached hydrogen (secondary N) is 1. The molecular weight excluding hydrogens is 302 g/mol. The number of likely N-dealkylation sites (N-methyl/N-ethyl adjacent to an activating group) is 1. The Balaban J connectivity index is 1.73. The van der Waals surface area contributed by atoms with Gasteiger partial charge in [0.25, 0.3) is 10.0 Å². The van der Waals surface area contributed by atoms with Crippen LogP contribution in [0.5, 0.6) is 0 Å². The first-order valence-corrected chi connectivity index (χ1v) is 8.86. The van der Waals surface area contributed by atoms with E-state index in [0.29, 0.717) is 11.4 Å². The molecule has 1 aromatic carbocycles. The van der Waals surface area contributed by atoms with Gasteiger partial charge in [-0.3, -0.25) is 4.79 Å². The van der Waals surface area contributed by atoms with Crippen LogP contribution in [-0.4, -0.2) is 44.7 Å². The van der Waals surface area contributed by atoms with Crippen molar-refractivity contribution in [2.75, 3.05) is 13.6 Å². The number of hydrogen-bond donors (Lipinski definition) is 1. The number of nitrogens with zero attached hydrogens (tertiary/aromatic N) is 2. The second-order valence-electron chi connectivity index (χ2n) is 5.79. The summed E-state index contributed by atoms with van der Waals surface area (Å²) in [6, 6.07) is 6.93. The maximum Gasteiger partial charge on any atom is 0.285 e. The minimum Gasteiger partial charge on any atom is -0.352 e. The number of fused-ring (bicyclic) bond motifs is 1. The minimum absolute atomic E-state index is 0.0964. The average molecular weight is 321 g/mol. The largest absolute Gasteiger partial charge is 0.352 e. The van der Waals surface area contributed by atoms with E-state index in [0.717, 1.165) is 25.7 Å². The monoisotopic (exact) mass is 321 g/mol. The normalized spacial score (nSPS) is 19.6. The molecule has 22 heavy (non-hydrogen) atoms. The van der Waals surface area contributed by atoms with Gasteiger partial charge in [-0.25, -0.2) is 0 Å². The molecule has 0 aromatic heterocycles. The lowest BCUT2D eigenvalue weighted by atomic mass is 10.2. The Kier molecular flexibility index (Phi) is 3.90. The molecule has 0 bridgehead atoms. The average Bonchev–Trinajstić information content (AvgIpc) is 3.06. The molecule has 6 nitrogen and oxygen atoms in total. The van der Waals surface area contributed by atoms with Gasteiger partial charge in [0.2, 0.25) is 5.91 Å². The third-order valence-corrected chi connectivity index (χ3v) is 5.40. The molecule has 1 fully saturated rings. The Morgan fingerprint density at radius 3 is 2.73 bits per heavy atom. The molecule has 0 atom stereocenters. The summed E-state index contributed by atoms with van der Waals surface area (Å²) >= 11 is 0. The van der Waals surface area contributed by atoms with Crippen LogP contribution in [0.15, 0.2) is 33.6 Å². The van der Waals surface area contributed by atoms with Crippen LogP contribution in [0, 0.1) is 0 Å². The van der Waals surface area contributed by atoms with Gasteiger partial charge >= 0.3 is 0 Å². The van der Waals surface area contributed by atoms with E-state index >= 15 is 0 Å². The molecule has 0 saturated heterocycles. The first kappa shape index (κ1) is 15.0. The fourth-order valence-electron chi connectivity index (χ4n) is 3.00. The third-order valence-electron chi connectivity index (χ3n) is 4.08. The fraction of sp³-hybridized carbons (Fsp3) is 0.467. The van der Waals surface area contributed by atoms with Crippen molar-refractivity contribution in [1.29, 1.82) is 0 Å². The van der Waals surface area contributed by atoms with E-state index in [1.165, 1.54) is 6.07 Å². The molecule has 1 aliphatic heterocycles. The molecule has 1 aliphatic carbocycles. The number of benzene rings is 1. The Bertz CT molecular complexity index is 721. The standard InChI is InChI=1S/C15H19N3O3S/c1-18(10-14(19)16-11-6-2-3-7-11)15-12-8-4-5-9-13(12)22(20,21)17-15/h4-5,8-9,11H,2-3,6-7,10H2,1H3,(H,16,19). The SMILES string of the molecule is CN(CC(=O)NC1CCCC1)C1=NS(=O)(=O)c2ccccc21. The van der Waals surface area contributed by atoms with E-state index < -0.39 is 10.0 Å². The van der Waals surface area contributed by atoms with E-state index in [1.807, 2.05) is 0 Å². The molecule has 1 aromatic rings. The Morgan fingerprint density at radius 1 is 1.32 bits per heavy atom. The van der Waals surface area contributed by atoms with Gasteiger partial charge in [-0.1, -0.05) is 25.0 Å². The van der Waals surface area contributed by atoms with Crippen LogP contribution in [0.4, 0.5) is 0 Å².